The highest BCUT2D eigenvalue weighted by Gasteiger charge is 2.34. The summed E-state index contributed by atoms with van der Waals surface area (Å²) in [4.78, 5) is 16.2. The van der Waals surface area contributed by atoms with Crippen molar-refractivity contribution in [3.8, 4) is 11.5 Å². The SMILES string of the molecule is COc1ccc([C@H]2CCCN2C(=O)[C@@H](C)Sc2ccccc2)c(OC)c1. The topological polar surface area (TPSA) is 38.8 Å². The summed E-state index contributed by atoms with van der Waals surface area (Å²) in [5, 5.41) is -0.123. The van der Waals surface area contributed by atoms with Crippen LogP contribution in [0.3, 0.4) is 0 Å². The molecular weight excluding hydrogens is 346 g/mol. The Morgan fingerprint density at radius 3 is 2.62 bits per heavy atom. The van der Waals surface area contributed by atoms with Gasteiger partial charge in [-0.3, -0.25) is 4.79 Å². The number of carbonyl (C=O) groups is 1. The van der Waals surface area contributed by atoms with Crippen molar-refractivity contribution >= 4 is 17.7 Å². The van der Waals surface area contributed by atoms with Crippen LogP contribution in [0.25, 0.3) is 0 Å². The Hall–Kier alpha value is -2.14. The molecule has 5 heteroatoms. The number of hydrogen-bond donors (Lipinski definition) is 0. The first-order chi connectivity index (χ1) is 12.6. The summed E-state index contributed by atoms with van der Waals surface area (Å²) in [5.74, 6) is 1.71. The first kappa shape index (κ1) is 18.6. The van der Waals surface area contributed by atoms with Crippen molar-refractivity contribution in [2.75, 3.05) is 20.8 Å². The van der Waals surface area contributed by atoms with E-state index < -0.39 is 0 Å². The number of hydrogen-bond acceptors (Lipinski definition) is 4. The zero-order chi connectivity index (χ0) is 18.5. The van der Waals surface area contributed by atoms with Crippen molar-refractivity contribution in [3.05, 3.63) is 54.1 Å². The number of methoxy groups -OCH3 is 2. The van der Waals surface area contributed by atoms with Gasteiger partial charge in [-0.15, -0.1) is 11.8 Å². The number of ether oxygens (including phenoxy) is 2. The van der Waals surface area contributed by atoms with Gasteiger partial charge in [-0.25, -0.2) is 0 Å². The molecule has 0 aromatic heterocycles. The van der Waals surface area contributed by atoms with Crippen molar-refractivity contribution in [2.45, 2.75) is 36.0 Å². The standard InChI is InChI=1S/C21H25NO3S/c1-15(26-17-8-5-4-6-9-17)21(23)22-13-7-10-19(22)18-12-11-16(24-2)14-20(18)25-3/h4-6,8-9,11-12,14-15,19H,7,10,13H2,1-3H3/t15-,19-/m1/s1. The number of carbonyl (C=O) groups excluding carboxylic acids is 1. The van der Waals surface area contributed by atoms with Gasteiger partial charge >= 0.3 is 0 Å². The molecule has 1 fully saturated rings. The van der Waals surface area contributed by atoms with Crippen LogP contribution in [0.5, 0.6) is 11.5 Å². The number of rotatable bonds is 6. The van der Waals surface area contributed by atoms with Crippen molar-refractivity contribution in [1.29, 1.82) is 0 Å². The third kappa shape index (κ3) is 3.98. The highest BCUT2D eigenvalue weighted by Crippen LogP contribution is 2.40. The second-order valence-corrected chi connectivity index (χ2v) is 7.78. The lowest BCUT2D eigenvalue weighted by molar-refractivity contribution is -0.131. The van der Waals surface area contributed by atoms with Crippen LogP contribution in [0.4, 0.5) is 0 Å². The van der Waals surface area contributed by atoms with Crippen LogP contribution in [0.2, 0.25) is 0 Å². The Morgan fingerprint density at radius 1 is 1.15 bits per heavy atom. The molecule has 138 valence electrons. The van der Waals surface area contributed by atoms with E-state index in [-0.39, 0.29) is 17.2 Å². The summed E-state index contributed by atoms with van der Waals surface area (Å²) in [5.41, 5.74) is 1.05. The van der Waals surface area contributed by atoms with E-state index in [4.69, 9.17) is 9.47 Å². The molecule has 4 nitrogen and oxygen atoms in total. The van der Waals surface area contributed by atoms with Gasteiger partial charge in [-0.2, -0.15) is 0 Å². The van der Waals surface area contributed by atoms with Crippen LogP contribution in [0.15, 0.2) is 53.4 Å². The molecule has 0 spiro atoms. The molecule has 2 atom stereocenters. The predicted molar refractivity (Wildman–Crippen MR) is 105 cm³/mol. The van der Waals surface area contributed by atoms with Gasteiger partial charge < -0.3 is 14.4 Å². The maximum Gasteiger partial charge on any atom is 0.236 e. The molecule has 2 aromatic carbocycles. The maximum atomic E-state index is 13.1. The number of thioether (sulfide) groups is 1. The van der Waals surface area contributed by atoms with Crippen LogP contribution >= 0.6 is 11.8 Å². The zero-order valence-electron chi connectivity index (χ0n) is 15.5. The lowest BCUT2D eigenvalue weighted by Gasteiger charge is -2.28. The largest absolute Gasteiger partial charge is 0.497 e. The van der Waals surface area contributed by atoms with Crippen molar-refractivity contribution < 1.29 is 14.3 Å². The van der Waals surface area contributed by atoms with Crippen molar-refractivity contribution in [2.24, 2.45) is 0 Å². The Bertz CT molecular complexity index is 750. The van der Waals surface area contributed by atoms with E-state index in [1.165, 1.54) is 0 Å². The second kappa shape index (κ2) is 8.49. The summed E-state index contributed by atoms with van der Waals surface area (Å²) >= 11 is 1.61. The molecule has 1 amide bonds. The lowest BCUT2D eigenvalue weighted by atomic mass is 10.0. The molecule has 1 aliphatic rings. The fourth-order valence-electron chi connectivity index (χ4n) is 3.43. The number of amides is 1. The van der Waals surface area contributed by atoms with E-state index in [0.717, 1.165) is 41.3 Å². The summed E-state index contributed by atoms with van der Waals surface area (Å²) in [7, 11) is 3.30. The summed E-state index contributed by atoms with van der Waals surface area (Å²) in [6.45, 7) is 2.78. The van der Waals surface area contributed by atoms with E-state index in [9.17, 15) is 4.79 Å². The van der Waals surface area contributed by atoms with Gasteiger partial charge in [0.1, 0.15) is 11.5 Å². The first-order valence-electron chi connectivity index (χ1n) is 8.88. The highest BCUT2D eigenvalue weighted by atomic mass is 32.2. The fourth-order valence-corrected chi connectivity index (χ4v) is 4.39. The van der Waals surface area contributed by atoms with Gasteiger partial charge in [-0.1, -0.05) is 18.2 Å². The molecule has 0 N–H and O–H groups in total. The summed E-state index contributed by atoms with van der Waals surface area (Å²) in [6, 6.07) is 16.0. The zero-order valence-corrected chi connectivity index (χ0v) is 16.3. The Labute approximate surface area is 159 Å². The monoisotopic (exact) mass is 371 g/mol. The van der Waals surface area contributed by atoms with Gasteiger partial charge in [0.2, 0.25) is 5.91 Å². The number of likely N-dealkylation sites (tertiary alicyclic amines) is 1. The van der Waals surface area contributed by atoms with Crippen LogP contribution in [-0.4, -0.2) is 36.8 Å². The van der Waals surface area contributed by atoms with E-state index in [0.29, 0.717) is 0 Å². The quantitative estimate of drug-likeness (QED) is 0.699. The molecular formula is C21H25NO3S. The minimum absolute atomic E-state index is 0.0576. The van der Waals surface area contributed by atoms with Gasteiger partial charge in [0, 0.05) is 23.1 Å². The Morgan fingerprint density at radius 2 is 1.92 bits per heavy atom. The van der Waals surface area contributed by atoms with E-state index in [2.05, 4.69) is 0 Å². The van der Waals surface area contributed by atoms with Gasteiger partial charge in [0.05, 0.1) is 25.5 Å². The molecule has 1 heterocycles. The van der Waals surface area contributed by atoms with Crippen LogP contribution in [-0.2, 0) is 4.79 Å². The van der Waals surface area contributed by atoms with Crippen molar-refractivity contribution in [1.82, 2.24) is 4.90 Å². The summed E-state index contributed by atoms with van der Waals surface area (Å²) < 4.78 is 10.9. The Balaban J connectivity index is 1.78. The number of benzene rings is 2. The molecule has 0 saturated carbocycles. The van der Waals surface area contributed by atoms with Crippen LogP contribution in [0, 0.1) is 0 Å². The molecule has 0 aliphatic carbocycles. The third-order valence-electron chi connectivity index (χ3n) is 4.74. The molecule has 0 unspecified atom stereocenters. The second-order valence-electron chi connectivity index (χ2n) is 6.37. The predicted octanol–water partition coefficient (Wildman–Crippen LogP) is 4.55. The molecule has 0 bridgehead atoms. The average Bonchev–Trinajstić information content (AvgIpc) is 3.17. The highest BCUT2D eigenvalue weighted by molar-refractivity contribution is 8.00. The normalized spacial score (nSPS) is 17.8. The van der Waals surface area contributed by atoms with Gasteiger partial charge in [0.15, 0.2) is 0 Å². The third-order valence-corrected chi connectivity index (χ3v) is 5.84. The van der Waals surface area contributed by atoms with E-state index >= 15 is 0 Å². The van der Waals surface area contributed by atoms with E-state index in [1.807, 2.05) is 60.4 Å². The molecule has 0 radical (unpaired) electrons. The smallest absolute Gasteiger partial charge is 0.236 e. The molecule has 2 aromatic rings. The number of nitrogens with zero attached hydrogens (tertiary/aromatic N) is 1. The van der Waals surface area contributed by atoms with E-state index in [1.54, 1.807) is 26.0 Å². The maximum absolute atomic E-state index is 13.1. The van der Waals surface area contributed by atoms with Gasteiger partial charge in [0.25, 0.3) is 0 Å². The average molecular weight is 372 g/mol. The minimum Gasteiger partial charge on any atom is -0.497 e. The molecule has 1 saturated heterocycles. The fraction of sp³-hybridized carbons (Fsp3) is 0.381. The molecule has 26 heavy (non-hydrogen) atoms. The molecule has 3 rings (SSSR count). The first-order valence-corrected chi connectivity index (χ1v) is 9.76. The Kier molecular flexibility index (Phi) is 6.09. The lowest BCUT2D eigenvalue weighted by Crippen LogP contribution is -2.36. The molecule has 1 aliphatic heterocycles. The minimum atomic E-state index is -0.123. The van der Waals surface area contributed by atoms with Crippen LogP contribution in [0.1, 0.15) is 31.4 Å². The van der Waals surface area contributed by atoms with Crippen LogP contribution < -0.4 is 9.47 Å². The summed E-state index contributed by atoms with van der Waals surface area (Å²) in [6.07, 6.45) is 1.96. The van der Waals surface area contributed by atoms with Gasteiger partial charge in [-0.05, 0) is 44.0 Å². The van der Waals surface area contributed by atoms with Crippen molar-refractivity contribution in [3.63, 3.8) is 0 Å².